The van der Waals surface area contributed by atoms with Crippen LogP contribution < -0.4 is 4.31 Å². The summed E-state index contributed by atoms with van der Waals surface area (Å²) < 4.78 is 28.2. The van der Waals surface area contributed by atoms with Gasteiger partial charge in [0.1, 0.15) is 5.69 Å². The van der Waals surface area contributed by atoms with Crippen LogP contribution in [0.25, 0.3) is 0 Å². The average Bonchev–Trinajstić information content (AvgIpc) is 3.04. The lowest BCUT2D eigenvalue weighted by Gasteiger charge is -2.33. The fourth-order valence-electron chi connectivity index (χ4n) is 3.91. The first kappa shape index (κ1) is 20.7. The second kappa shape index (κ2) is 7.75. The van der Waals surface area contributed by atoms with Crippen LogP contribution in [0, 0.1) is 0 Å². The Hall–Kier alpha value is -3.17. The van der Waals surface area contributed by atoms with Gasteiger partial charge in [-0.05, 0) is 42.0 Å². The third-order valence-electron chi connectivity index (χ3n) is 5.47. The number of thioether (sulfide) groups is 1. The fraction of sp³-hybridized carbons (Fsp3) is 0.174. The molecule has 0 saturated heterocycles. The Morgan fingerprint density at radius 1 is 1.00 bits per heavy atom. The molecule has 0 unspecified atom stereocenters. The molecule has 3 aromatic rings. The number of nitrogens with zero attached hydrogens (tertiary/aromatic N) is 3. The highest BCUT2D eigenvalue weighted by Crippen LogP contribution is 2.40. The molecule has 5 rings (SSSR count). The summed E-state index contributed by atoms with van der Waals surface area (Å²) in [5.74, 6) is -0.843. The van der Waals surface area contributed by atoms with E-state index in [1.54, 1.807) is 36.0 Å². The van der Waals surface area contributed by atoms with Gasteiger partial charge in [-0.25, -0.2) is 8.42 Å². The van der Waals surface area contributed by atoms with Gasteiger partial charge in [0, 0.05) is 22.9 Å². The van der Waals surface area contributed by atoms with Crippen LogP contribution in [-0.2, 0) is 16.6 Å². The number of aromatic nitrogens is 1. The molecular formula is C23H19N3O4S2. The molecule has 0 N–H and O–H groups in total. The number of carbonyl (C=O) groups is 2. The molecular weight excluding hydrogens is 446 g/mol. The summed E-state index contributed by atoms with van der Waals surface area (Å²) in [5.41, 5.74) is 1.76. The van der Waals surface area contributed by atoms with Gasteiger partial charge in [-0.3, -0.25) is 23.8 Å². The Balaban J connectivity index is 1.40. The number of carbonyl (C=O) groups excluding carboxylic acids is 2. The van der Waals surface area contributed by atoms with Crippen molar-refractivity contribution < 1.29 is 18.0 Å². The van der Waals surface area contributed by atoms with Gasteiger partial charge in [0.05, 0.1) is 22.7 Å². The van der Waals surface area contributed by atoms with Gasteiger partial charge < -0.3 is 0 Å². The molecule has 1 atom stereocenters. The zero-order chi connectivity index (χ0) is 22.5. The number of hydrogen-bond acceptors (Lipinski definition) is 6. The van der Waals surface area contributed by atoms with Crippen LogP contribution in [0.2, 0.25) is 0 Å². The zero-order valence-electron chi connectivity index (χ0n) is 17.1. The van der Waals surface area contributed by atoms with E-state index in [9.17, 15) is 18.0 Å². The number of sulfonamides is 1. The minimum absolute atomic E-state index is 0.0502. The highest BCUT2D eigenvalue weighted by atomic mass is 32.2. The van der Waals surface area contributed by atoms with E-state index >= 15 is 0 Å². The summed E-state index contributed by atoms with van der Waals surface area (Å²) in [7, 11) is -3.76. The summed E-state index contributed by atoms with van der Waals surface area (Å²) in [6.45, 7) is 2.44. The van der Waals surface area contributed by atoms with Crippen LogP contribution in [-0.4, -0.2) is 41.9 Å². The summed E-state index contributed by atoms with van der Waals surface area (Å²) >= 11 is 1.66. The minimum atomic E-state index is -3.76. The van der Waals surface area contributed by atoms with Crippen molar-refractivity contribution in [3.63, 3.8) is 0 Å². The number of fused-ring (bicyclic) bond motifs is 2. The molecule has 0 fully saturated rings. The molecule has 0 radical (unpaired) electrons. The Labute approximate surface area is 190 Å². The summed E-state index contributed by atoms with van der Waals surface area (Å²) in [6, 6.07) is 17.0. The van der Waals surface area contributed by atoms with Gasteiger partial charge in [-0.2, -0.15) is 0 Å². The molecule has 32 heavy (non-hydrogen) atoms. The lowest BCUT2D eigenvalue weighted by Crippen LogP contribution is -2.38. The van der Waals surface area contributed by atoms with E-state index in [1.165, 1.54) is 22.6 Å². The predicted molar refractivity (Wildman–Crippen MR) is 121 cm³/mol. The highest BCUT2D eigenvalue weighted by molar-refractivity contribution is 8.00. The van der Waals surface area contributed by atoms with E-state index in [-0.39, 0.29) is 27.9 Å². The van der Waals surface area contributed by atoms with Crippen molar-refractivity contribution in [1.82, 2.24) is 9.88 Å². The van der Waals surface area contributed by atoms with Crippen LogP contribution in [0.3, 0.4) is 0 Å². The number of anilines is 1. The number of rotatable bonds is 4. The standard InChI is InChI=1S/C23H19N3O4S2/c1-15-13-26(19-6-2-3-7-20(19)31-15)32(29,30)17-10-8-16(9-11-17)14-25-22(27)18-5-4-12-24-21(18)23(25)28/h2-12,15H,13-14H2,1H3/t15-/m0/s1. The smallest absolute Gasteiger partial charge is 0.268 e. The van der Waals surface area contributed by atoms with E-state index in [2.05, 4.69) is 4.98 Å². The highest BCUT2D eigenvalue weighted by Gasteiger charge is 2.37. The molecule has 9 heteroatoms. The van der Waals surface area contributed by atoms with Crippen LogP contribution in [0.15, 0.2) is 76.7 Å². The summed E-state index contributed by atoms with van der Waals surface area (Å²) in [5, 5.41) is 0.126. The number of pyridine rings is 1. The van der Waals surface area contributed by atoms with E-state index in [0.717, 1.165) is 9.80 Å². The molecule has 0 bridgehead atoms. The third kappa shape index (κ3) is 3.37. The van der Waals surface area contributed by atoms with Crippen molar-refractivity contribution in [1.29, 1.82) is 0 Å². The molecule has 0 spiro atoms. The first-order chi connectivity index (χ1) is 15.4. The lowest BCUT2D eigenvalue weighted by molar-refractivity contribution is 0.0640. The van der Waals surface area contributed by atoms with Gasteiger partial charge in [0.2, 0.25) is 0 Å². The predicted octanol–water partition coefficient (Wildman–Crippen LogP) is 3.57. The van der Waals surface area contributed by atoms with Gasteiger partial charge in [-0.1, -0.05) is 31.2 Å². The quantitative estimate of drug-likeness (QED) is 0.548. The number of para-hydroxylation sites is 1. The van der Waals surface area contributed by atoms with Gasteiger partial charge in [0.25, 0.3) is 21.8 Å². The van der Waals surface area contributed by atoms with E-state index < -0.39 is 21.8 Å². The number of benzene rings is 2. The maximum atomic E-state index is 13.4. The number of hydrogen-bond donors (Lipinski definition) is 0. The Morgan fingerprint density at radius 2 is 1.75 bits per heavy atom. The van der Waals surface area contributed by atoms with Gasteiger partial charge in [-0.15, -0.1) is 11.8 Å². The van der Waals surface area contributed by atoms with Crippen molar-refractivity contribution in [2.24, 2.45) is 0 Å². The first-order valence-electron chi connectivity index (χ1n) is 10.0. The van der Waals surface area contributed by atoms with E-state index in [1.807, 2.05) is 31.2 Å². The zero-order valence-corrected chi connectivity index (χ0v) is 18.8. The second-order valence-electron chi connectivity index (χ2n) is 7.67. The molecule has 0 saturated carbocycles. The maximum Gasteiger partial charge on any atom is 0.280 e. The van der Waals surface area contributed by atoms with Crippen LogP contribution in [0.1, 0.15) is 33.3 Å². The van der Waals surface area contributed by atoms with Crippen molar-refractivity contribution >= 4 is 39.3 Å². The maximum absolute atomic E-state index is 13.4. The normalized spacial score (nSPS) is 18.0. The number of amides is 2. The lowest BCUT2D eigenvalue weighted by atomic mass is 10.2. The van der Waals surface area contributed by atoms with Crippen LogP contribution in [0.5, 0.6) is 0 Å². The molecule has 1 aromatic heterocycles. The molecule has 0 aliphatic carbocycles. The summed E-state index contributed by atoms with van der Waals surface area (Å²) in [6.07, 6.45) is 1.48. The molecule has 162 valence electrons. The molecule has 2 aromatic carbocycles. The second-order valence-corrected chi connectivity index (χ2v) is 11.0. The fourth-order valence-corrected chi connectivity index (χ4v) is 6.75. The molecule has 7 nitrogen and oxygen atoms in total. The van der Waals surface area contributed by atoms with Crippen LogP contribution in [0.4, 0.5) is 5.69 Å². The molecule has 2 amide bonds. The first-order valence-corrected chi connectivity index (χ1v) is 12.4. The van der Waals surface area contributed by atoms with Crippen molar-refractivity contribution in [3.05, 3.63) is 83.7 Å². The third-order valence-corrected chi connectivity index (χ3v) is 8.41. The van der Waals surface area contributed by atoms with Crippen LogP contribution >= 0.6 is 11.8 Å². The average molecular weight is 466 g/mol. The van der Waals surface area contributed by atoms with Gasteiger partial charge >= 0.3 is 0 Å². The van der Waals surface area contributed by atoms with E-state index in [4.69, 9.17) is 0 Å². The number of imide groups is 1. The topological polar surface area (TPSA) is 87.7 Å². The largest absolute Gasteiger partial charge is 0.280 e. The Morgan fingerprint density at radius 3 is 2.50 bits per heavy atom. The van der Waals surface area contributed by atoms with Crippen molar-refractivity contribution in [2.75, 3.05) is 10.8 Å². The molecule has 2 aliphatic rings. The van der Waals surface area contributed by atoms with E-state index in [0.29, 0.717) is 17.8 Å². The van der Waals surface area contributed by atoms with Gasteiger partial charge in [0.15, 0.2) is 0 Å². The SMILES string of the molecule is C[C@H]1CN(S(=O)(=O)c2ccc(CN3C(=O)c4cccnc4C3=O)cc2)c2ccccc2S1. The Kier molecular flexibility index (Phi) is 5.02. The molecule has 2 aliphatic heterocycles. The Bertz CT molecular complexity index is 1300. The minimum Gasteiger partial charge on any atom is -0.268 e. The van der Waals surface area contributed by atoms with Crippen molar-refractivity contribution in [3.8, 4) is 0 Å². The summed E-state index contributed by atoms with van der Waals surface area (Å²) in [4.78, 5) is 31.3. The molecule has 3 heterocycles. The van der Waals surface area contributed by atoms with Crippen molar-refractivity contribution in [2.45, 2.75) is 28.5 Å². The monoisotopic (exact) mass is 465 g/mol.